The van der Waals surface area contributed by atoms with Gasteiger partial charge in [-0.2, -0.15) is 5.10 Å². The van der Waals surface area contributed by atoms with Crippen LogP contribution in [0.5, 0.6) is 0 Å². The summed E-state index contributed by atoms with van der Waals surface area (Å²) in [6.07, 6.45) is 4.76. The van der Waals surface area contributed by atoms with Crippen molar-refractivity contribution in [1.82, 2.24) is 19.7 Å². The second kappa shape index (κ2) is 7.51. The molecule has 3 heterocycles. The van der Waals surface area contributed by atoms with Gasteiger partial charge in [-0.25, -0.2) is 4.79 Å². The summed E-state index contributed by atoms with van der Waals surface area (Å²) in [5, 5.41) is 5.82. The van der Waals surface area contributed by atoms with Crippen LogP contribution in [-0.4, -0.2) is 44.4 Å². The molecule has 3 aromatic rings. The summed E-state index contributed by atoms with van der Waals surface area (Å²) in [7, 11) is 0. The number of aromatic nitrogens is 3. The first kappa shape index (κ1) is 20.0. The van der Waals surface area contributed by atoms with Gasteiger partial charge in [0.1, 0.15) is 11.3 Å². The lowest BCUT2D eigenvalue weighted by Gasteiger charge is -2.33. The maximum atomic E-state index is 12.4. The Kier molecular flexibility index (Phi) is 5.01. The van der Waals surface area contributed by atoms with Crippen molar-refractivity contribution in [3.8, 4) is 11.3 Å². The average molecular weight is 409 g/mol. The minimum absolute atomic E-state index is 0.150. The molecule has 0 aliphatic carbocycles. The zero-order valence-electron chi connectivity index (χ0n) is 17.6. The zero-order chi connectivity index (χ0) is 21.5. The molecular weight excluding hydrogens is 380 g/mol. The van der Waals surface area contributed by atoms with Crippen LogP contribution in [0.15, 0.2) is 36.7 Å². The molecular formula is C22H28N6O2. The van der Waals surface area contributed by atoms with Crippen LogP contribution in [0.2, 0.25) is 0 Å². The fourth-order valence-electron chi connectivity index (χ4n) is 3.85. The van der Waals surface area contributed by atoms with Crippen molar-refractivity contribution in [1.29, 1.82) is 0 Å². The number of fused-ring (bicyclic) bond motifs is 1. The number of ether oxygens (including phenoxy) is 1. The van der Waals surface area contributed by atoms with Gasteiger partial charge in [0.15, 0.2) is 0 Å². The summed E-state index contributed by atoms with van der Waals surface area (Å²) < 4.78 is 7.51. The fraction of sp³-hybridized carbons (Fsp3) is 0.409. The number of anilines is 2. The Morgan fingerprint density at radius 3 is 2.40 bits per heavy atom. The van der Waals surface area contributed by atoms with Crippen molar-refractivity contribution < 1.29 is 9.53 Å². The van der Waals surface area contributed by atoms with Crippen molar-refractivity contribution in [3.05, 3.63) is 36.7 Å². The van der Waals surface area contributed by atoms with Crippen LogP contribution in [0.4, 0.5) is 16.2 Å². The summed E-state index contributed by atoms with van der Waals surface area (Å²) in [6, 6.07) is 7.77. The molecule has 1 amide bonds. The molecule has 1 aliphatic rings. The number of carbonyl (C=O) groups excluding carboxylic acids is 1. The van der Waals surface area contributed by atoms with E-state index in [4.69, 9.17) is 21.3 Å². The van der Waals surface area contributed by atoms with E-state index in [0.29, 0.717) is 24.5 Å². The number of hydrogen-bond donors (Lipinski definition) is 2. The van der Waals surface area contributed by atoms with Gasteiger partial charge in [-0.3, -0.25) is 9.67 Å². The number of pyridine rings is 1. The quantitative estimate of drug-likeness (QED) is 0.623. The normalized spacial score (nSPS) is 15.5. The molecule has 8 nitrogen and oxygen atoms in total. The molecule has 1 fully saturated rings. The van der Waals surface area contributed by atoms with Gasteiger partial charge in [0.2, 0.25) is 0 Å². The molecule has 4 rings (SSSR count). The Hall–Kier alpha value is -3.29. The molecule has 4 N–H and O–H groups in total. The van der Waals surface area contributed by atoms with Crippen LogP contribution in [0.25, 0.3) is 22.2 Å². The minimum Gasteiger partial charge on any atom is -0.444 e. The van der Waals surface area contributed by atoms with E-state index in [-0.39, 0.29) is 12.1 Å². The van der Waals surface area contributed by atoms with Crippen LogP contribution < -0.4 is 11.5 Å². The van der Waals surface area contributed by atoms with E-state index in [9.17, 15) is 4.79 Å². The number of benzene rings is 1. The standard InChI is InChI=1S/C22H28N6O2/c1-22(2,3)30-21(29)27-10-8-16(9-11-27)28-18-13-25-12-17(24)19(18)20(26-28)14-4-6-15(23)7-5-14/h4-7,12-13,16H,8-11,23-24H2,1-3H3. The molecule has 0 unspecified atom stereocenters. The molecule has 0 atom stereocenters. The molecule has 1 aromatic carbocycles. The van der Waals surface area contributed by atoms with Gasteiger partial charge in [-0.1, -0.05) is 12.1 Å². The number of nitrogen functional groups attached to an aromatic ring is 2. The van der Waals surface area contributed by atoms with E-state index in [0.717, 1.165) is 35.0 Å². The highest BCUT2D eigenvalue weighted by Gasteiger charge is 2.29. The van der Waals surface area contributed by atoms with Gasteiger partial charge in [0, 0.05) is 24.3 Å². The second-order valence-electron chi connectivity index (χ2n) is 8.74. The van der Waals surface area contributed by atoms with E-state index < -0.39 is 5.60 Å². The van der Waals surface area contributed by atoms with Crippen molar-refractivity contribution in [2.75, 3.05) is 24.6 Å². The summed E-state index contributed by atoms with van der Waals surface area (Å²) in [6.45, 7) is 6.87. The van der Waals surface area contributed by atoms with Gasteiger partial charge in [0.05, 0.1) is 35.0 Å². The second-order valence-corrected chi connectivity index (χ2v) is 8.74. The van der Waals surface area contributed by atoms with Crippen molar-refractivity contribution >= 4 is 28.4 Å². The molecule has 30 heavy (non-hydrogen) atoms. The van der Waals surface area contributed by atoms with Crippen LogP contribution in [0.1, 0.15) is 39.7 Å². The number of likely N-dealkylation sites (tertiary alicyclic amines) is 1. The van der Waals surface area contributed by atoms with Crippen LogP contribution >= 0.6 is 0 Å². The molecule has 0 saturated carbocycles. The monoisotopic (exact) mass is 408 g/mol. The first-order valence-electron chi connectivity index (χ1n) is 10.2. The van der Waals surface area contributed by atoms with Gasteiger partial charge < -0.3 is 21.1 Å². The molecule has 158 valence electrons. The van der Waals surface area contributed by atoms with Crippen LogP contribution in [0, 0.1) is 0 Å². The Morgan fingerprint density at radius 1 is 1.10 bits per heavy atom. The van der Waals surface area contributed by atoms with Gasteiger partial charge in [-0.05, 0) is 45.7 Å². The molecule has 0 radical (unpaired) electrons. The molecule has 8 heteroatoms. The van der Waals surface area contributed by atoms with Crippen LogP contribution in [-0.2, 0) is 4.74 Å². The molecule has 0 bridgehead atoms. The number of carbonyl (C=O) groups is 1. The van der Waals surface area contributed by atoms with Crippen molar-refractivity contribution in [3.63, 3.8) is 0 Å². The molecule has 0 spiro atoms. The number of amides is 1. The molecule has 1 saturated heterocycles. The molecule has 1 aliphatic heterocycles. The fourth-order valence-corrected chi connectivity index (χ4v) is 3.85. The third kappa shape index (κ3) is 3.90. The van der Waals surface area contributed by atoms with Crippen molar-refractivity contribution in [2.45, 2.75) is 45.3 Å². The number of nitrogens with two attached hydrogens (primary N) is 2. The van der Waals surface area contributed by atoms with Crippen molar-refractivity contribution in [2.24, 2.45) is 0 Å². The highest BCUT2D eigenvalue weighted by Crippen LogP contribution is 2.35. The lowest BCUT2D eigenvalue weighted by Crippen LogP contribution is -2.42. The number of nitrogens with zero attached hydrogens (tertiary/aromatic N) is 4. The van der Waals surface area contributed by atoms with E-state index in [1.807, 2.05) is 49.7 Å². The highest BCUT2D eigenvalue weighted by atomic mass is 16.6. The van der Waals surface area contributed by atoms with Crippen LogP contribution in [0.3, 0.4) is 0 Å². The topological polar surface area (TPSA) is 112 Å². The molecule has 2 aromatic heterocycles. The summed E-state index contributed by atoms with van der Waals surface area (Å²) in [5.74, 6) is 0. The first-order chi connectivity index (χ1) is 14.2. The first-order valence-corrected chi connectivity index (χ1v) is 10.2. The van der Waals surface area contributed by atoms with E-state index >= 15 is 0 Å². The largest absolute Gasteiger partial charge is 0.444 e. The Labute approximate surface area is 175 Å². The zero-order valence-corrected chi connectivity index (χ0v) is 17.6. The Bertz CT molecular complexity index is 1060. The minimum atomic E-state index is -0.497. The van der Waals surface area contributed by atoms with E-state index in [2.05, 4.69) is 4.98 Å². The number of piperidine rings is 1. The summed E-state index contributed by atoms with van der Waals surface area (Å²) in [5.41, 5.74) is 15.6. The van der Waals surface area contributed by atoms with Gasteiger partial charge in [-0.15, -0.1) is 0 Å². The maximum Gasteiger partial charge on any atom is 0.410 e. The number of rotatable bonds is 2. The predicted molar refractivity (Wildman–Crippen MR) is 118 cm³/mol. The Balaban J connectivity index is 1.62. The predicted octanol–water partition coefficient (Wildman–Crippen LogP) is 3.83. The lowest BCUT2D eigenvalue weighted by molar-refractivity contribution is 0.0186. The smallest absolute Gasteiger partial charge is 0.410 e. The van der Waals surface area contributed by atoms with E-state index in [1.54, 1.807) is 17.3 Å². The Morgan fingerprint density at radius 2 is 1.77 bits per heavy atom. The average Bonchev–Trinajstić information content (AvgIpc) is 3.08. The van der Waals surface area contributed by atoms with E-state index in [1.165, 1.54) is 0 Å². The summed E-state index contributed by atoms with van der Waals surface area (Å²) >= 11 is 0. The maximum absolute atomic E-state index is 12.4. The summed E-state index contributed by atoms with van der Waals surface area (Å²) in [4.78, 5) is 18.4. The number of hydrogen-bond acceptors (Lipinski definition) is 6. The third-order valence-electron chi connectivity index (χ3n) is 5.29. The van der Waals surface area contributed by atoms with Gasteiger partial charge in [0.25, 0.3) is 0 Å². The van der Waals surface area contributed by atoms with Gasteiger partial charge >= 0.3 is 6.09 Å². The lowest BCUT2D eigenvalue weighted by atomic mass is 10.0. The highest BCUT2D eigenvalue weighted by molar-refractivity contribution is 6.01. The third-order valence-corrected chi connectivity index (χ3v) is 5.29. The SMILES string of the molecule is CC(C)(C)OC(=O)N1CCC(n2nc(-c3ccc(N)cc3)c3c(N)cncc32)CC1.